The predicted octanol–water partition coefficient (Wildman–Crippen LogP) is -5.22. The Labute approximate surface area is 748 Å². The Morgan fingerprint density at radius 3 is 1.01 bits per heavy atom. The number of aliphatic imine (C=N–C) groups is 3. The van der Waals surface area contributed by atoms with E-state index in [2.05, 4.69) is 89.4 Å². The van der Waals surface area contributed by atoms with Gasteiger partial charge in [0.05, 0.1) is 19.1 Å². The van der Waals surface area contributed by atoms with Gasteiger partial charge in [-0.2, -0.15) is 0 Å². The first-order valence-electron chi connectivity index (χ1n) is 44.8. The van der Waals surface area contributed by atoms with E-state index >= 15 is 9.59 Å². The number of amides is 17. The van der Waals surface area contributed by atoms with E-state index in [4.69, 9.17) is 51.6 Å². The molecule has 14 atom stereocenters. The number of carbonyl (C=O) groups excluding carboxylic acids is 17. The first-order valence-corrected chi connectivity index (χ1v) is 44.8. The highest BCUT2D eigenvalue weighted by molar-refractivity contribution is 6.02. The third-order valence-electron chi connectivity index (χ3n) is 22.5. The number of aliphatic hydroxyl groups excluding tert-OH is 2. The van der Waals surface area contributed by atoms with E-state index in [1.807, 2.05) is 0 Å². The van der Waals surface area contributed by atoms with E-state index in [1.54, 1.807) is 34.6 Å². The molecule has 3 saturated carbocycles. The topological polar surface area (TPSA) is 770 Å². The molecule has 34 N–H and O–H groups in total. The van der Waals surface area contributed by atoms with E-state index < -0.39 is 216 Å². The van der Waals surface area contributed by atoms with Gasteiger partial charge in [-0.3, -0.25) is 96.5 Å². The van der Waals surface area contributed by atoms with Crippen molar-refractivity contribution in [1.29, 1.82) is 0 Å². The molecule has 724 valence electrons. The third-order valence-corrected chi connectivity index (χ3v) is 22.5. The van der Waals surface area contributed by atoms with Crippen LogP contribution in [0, 0.1) is 29.6 Å². The lowest BCUT2D eigenvalue weighted by Gasteiger charge is -2.32. The number of aliphatic hydroxyl groups is 2. The highest BCUT2D eigenvalue weighted by Gasteiger charge is 2.42. The van der Waals surface area contributed by atoms with Crippen LogP contribution in [0.1, 0.15) is 255 Å². The van der Waals surface area contributed by atoms with Crippen LogP contribution < -0.4 is 126 Å². The average molecular weight is 1810 g/mol. The number of primary amides is 3. The summed E-state index contributed by atoms with van der Waals surface area (Å²) in [5.74, 6) is -17.3. The van der Waals surface area contributed by atoms with Gasteiger partial charge in [-0.05, 0) is 134 Å². The lowest BCUT2D eigenvalue weighted by Crippen LogP contribution is -2.65. The number of guanidine groups is 3. The molecule has 17 amide bonds. The summed E-state index contributed by atoms with van der Waals surface area (Å²) in [6, 6.07) is -19.2. The fourth-order valence-electron chi connectivity index (χ4n) is 15.6. The second kappa shape index (κ2) is 57.5. The number of hydrogen-bond acceptors (Lipinski definition) is 22. The third kappa shape index (κ3) is 43.0. The largest absolute Gasteiger partial charge is 0.394 e. The zero-order valence-electron chi connectivity index (χ0n) is 75.9. The maximum atomic E-state index is 15.1. The van der Waals surface area contributed by atoms with Crippen LogP contribution in [0.3, 0.4) is 0 Å². The molecule has 45 heteroatoms. The van der Waals surface area contributed by atoms with Crippen molar-refractivity contribution in [3.8, 4) is 0 Å². The molecule has 0 aromatic rings. The zero-order chi connectivity index (χ0) is 96.1. The van der Waals surface area contributed by atoms with E-state index in [0.29, 0.717) is 25.7 Å². The number of nitrogens with two attached hydrogens (primary N) is 9. The standard InChI is InChI=1S/C83H148N26O19/c1-10-51(97-68(117)52(29-20-34-93-80(87)88)99-72(121)57(37-44(2)3)103-76(125)62(43-110)96-47(7)112)67(116)105-59(40-49-25-16-12-17-26-49)73(122)106-60(41-50-27-18-13-19-28-50)74(123)107-61(42-64(85)114)75(124)104-58(38-45(4)5)77(126)109-83(8,9)79(128)108-65(46(6)111)78(127)101-54(31-22-36-95-82(91)92)69(118)100-55(32-33-63(84)113)71(120)98-53(30-21-35-94-81(89)90)70(119)102-56(66(86)115)39-48-23-14-11-15-24-48/h44-46,48-62,65,110-111H,10-43H2,1-9H3,(H2,84,113)(H2,85,114)(H2,86,115)(H,96,112)(H,97,117)(H,98,120)(H,99,121)(H,100,118)(H,101,127)(H,102,119)(H,103,125)(H,104,124)(H,105,116)(H,106,122)(H,107,123)(H,108,128)(H,109,126)(H4,87,88,93)(H4,89,90,94)(H4,91,92,95)/t46-,51?,52+,53+,54+,55+,56?,57-,58+,59?,60?,61+,62+,65+/m1/s1. The number of nitrogens with zero attached hydrogens (tertiary/aromatic N) is 3. The minimum Gasteiger partial charge on any atom is -0.394 e. The van der Waals surface area contributed by atoms with Crippen LogP contribution in [0.15, 0.2) is 15.0 Å². The van der Waals surface area contributed by atoms with Crippen molar-refractivity contribution in [3.63, 3.8) is 0 Å². The molecule has 0 bridgehead atoms. The molecule has 0 heterocycles. The second-order valence-electron chi connectivity index (χ2n) is 35.2. The molecule has 0 radical (unpaired) electrons. The average Bonchev–Trinajstić information content (AvgIpc) is 0.834. The van der Waals surface area contributed by atoms with Gasteiger partial charge in [0, 0.05) is 33.0 Å². The molecule has 4 unspecified atom stereocenters. The number of rotatable bonds is 58. The van der Waals surface area contributed by atoms with E-state index in [0.717, 1.165) is 84.5 Å². The van der Waals surface area contributed by atoms with Crippen molar-refractivity contribution >= 4 is 118 Å². The first kappa shape index (κ1) is 111. The molecule has 0 aliphatic heterocycles. The lowest BCUT2D eigenvalue weighted by atomic mass is 9.83. The van der Waals surface area contributed by atoms with Gasteiger partial charge < -0.3 is 136 Å². The summed E-state index contributed by atoms with van der Waals surface area (Å²) in [5.41, 5.74) is 48.4. The number of carbonyl (C=O) groups is 17. The quantitative estimate of drug-likeness (QED) is 0.0154. The molecule has 0 spiro atoms. The predicted molar refractivity (Wildman–Crippen MR) is 476 cm³/mol. The Morgan fingerprint density at radius 1 is 0.359 bits per heavy atom. The Hall–Kier alpha value is -11.3. The summed E-state index contributed by atoms with van der Waals surface area (Å²) >= 11 is 0. The van der Waals surface area contributed by atoms with E-state index in [9.17, 15) is 82.1 Å². The molecule has 3 rings (SSSR count). The Morgan fingerprint density at radius 2 is 0.664 bits per heavy atom. The molecule has 3 aliphatic rings. The van der Waals surface area contributed by atoms with Gasteiger partial charge in [0.2, 0.25) is 100 Å². The Bertz CT molecular complexity index is 3780. The zero-order valence-corrected chi connectivity index (χ0v) is 75.9. The van der Waals surface area contributed by atoms with Gasteiger partial charge in [0.25, 0.3) is 0 Å². The molecule has 3 fully saturated rings. The van der Waals surface area contributed by atoms with Crippen molar-refractivity contribution in [1.82, 2.24) is 74.4 Å². The summed E-state index contributed by atoms with van der Waals surface area (Å²) in [7, 11) is 0. The van der Waals surface area contributed by atoms with Gasteiger partial charge in [0.15, 0.2) is 17.9 Å². The van der Waals surface area contributed by atoms with Gasteiger partial charge in [-0.1, -0.05) is 131 Å². The molecule has 0 saturated heterocycles. The van der Waals surface area contributed by atoms with Crippen LogP contribution in [0.4, 0.5) is 0 Å². The van der Waals surface area contributed by atoms with E-state index in [-0.39, 0.29) is 144 Å². The summed E-state index contributed by atoms with van der Waals surface area (Å²) in [5, 5.41) is 57.4. The molecule has 45 nitrogen and oxygen atoms in total. The molecular weight excluding hydrogens is 1670 g/mol. The first-order chi connectivity index (χ1) is 60.2. The second-order valence-corrected chi connectivity index (χ2v) is 35.2. The SMILES string of the molecule is CCC(NC(=O)[C@H](CCCN=C(N)N)NC(=O)[C@@H](CC(C)C)NC(=O)[C@H](CO)NC(C)=O)C(=O)NC(CC1CCCCC1)C(=O)NC(CC1CCCCC1)C(=O)N[C@@H](CC(N)=O)C(=O)N[C@@H](CC(C)C)C(=O)NC(C)(C)C(=O)N[C@H](C(=O)N[C@@H](CCCN=C(N)N)C(=O)N[C@@H](CCC(N)=O)C(=O)N[C@@H](CCCN=C(N)N)C(=O)NC(CC1CCCCC1)C(N)=O)[C@@H](C)O. The summed E-state index contributed by atoms with van der Waals surface area (Å²) in [6.45, 7) is 12.4. The smallest absolute Gasteiger partial charge is 0.245 e. The fraction of sp³-hybridized carbons (Fsp3) is 0.759. The summed E-state index contributed by atoms with van der Waals surface area (Å²) in [4.78, 5) is 250. The van der Waals surface area contributed by atoms with Crippen LogP contribution in [-0.4, -0.2) is 245 Å². The molecule has 0 aromatic heterocycles. The van der Waals surface area contributed by atoms with Crippen LogP contribution >= 0.6 is 0 Å². The number of hydrogen-bond donors (Lipinski definition) is 25. The molecule has 3 aliphatic carbocycles. The van der Waals surface area contributed by atoms with Crippen molar-refractivity contribution in [2.45, 2.75) is 345 Å². The minimum atomic E-state index is -2.03. The Balaban J connectivity index is 1.97. The van der Waals surface area contributed by atoms with Crippen molar-refractivity contribution in [2.75, 3.05) is 26.2 Å². The fourth-order valence-corrected chi connectivity index (χ4v) is 15.6. The highest BCUT2D eigenvalue weighted by Crippen LogP contribution is 2.31. The van der Waals surface area contributed by atoms with Crippen molar-refractivity contribution < 1.29 is 91.7 Å². The van der Waals surface area contributed by atoms with E-state index in [1.165, 1.54) is 13.8 Å². The van der Waals surface area contributed by atoms with Gasteiger partial charge in [0.1, 0.15) is 84.1 Å². The van der Waals surface area contributed by atoms with Crippen molar-refractivity contribution in [3.05, 3.63) is 0 Å². The maximum Gasteiger partial charge on any atom is 0.245 e. The molecule has 128 heavy (non-hydrogen) atoms. The van der Waals surface area contributed by atoms with Crippen molar-refractivity contribution in [2.24, 2.45) is 96.2 Å². The van der Waals surface area contributed by atoms with Crippen LogP contribution in [0.25, 0.3) is 0 Å². The highest BCUT2D eigenvalue weighted by atomic mass is 16.3. The molecule has 0 aromatic carbocycles. The van der Waals surface area contributed by atoms with Gasteiger partial charge in [-0.25, -0.2) is 0 Å². The maximum absolute atomic E-state index is 15.1. The van der Waals surface area contributed by atoms with Gasteiger partial charge >= 0.3 is 0 Å². The molecular formula is C83H148N26O19. The Kier molecular flexibility index (Phi) is 49.8. The van der Waals surface area contributed by atoms with Crippen LogP contribution in [0.2, 0.25) is 0 Å². The summed E-state index contributed by atoms with van der Waals surface area (Å²) < 4.78 is 0. The normalized spacial score (nSPS) is 17.1. The van der Waals surface area contributed by atoms with Crippen LogP contribution in [-0.2, 0) is 81.5 Å². The lowest BCUT2D eigenvalue weighted by molar-refractivity contribution is -0.139. The van der Waals surface area contributed by atoms with Gasteiger partial charge in [-0.15, -0.1) is 0 Å². The summed E-state index contributed by atoms with van der Waals surface area (Å²) in [6.07, 6.45) is 8.69. The number of nitrogens with one attached hydrogen (secondary N) is 14. The van der Waals surface area contributed by atoms with Crippen LogP contribution in [0.5, 0.6) is 0 Å². The minimum absolute atomic E-state index is 0.00930. The monoisotopic (exact) mass is 1810 g/mol.